The smallest absolute Gasteiger partial charge is 0.338 e. The number of nitrogens with two attached hydrogens (primary N) is 2. The maximum Gasteiger partial charge on any atom is 0.338 e. The van der Waals surface area contributed by atoms with Crippen molar-refractivity contribution in [1.82, 2.24) is 0 Å². The Morgan fingerprint density at radius 1 is 1.24 bits per heavy atom. The number of carboxylic acid groups (broad SMARTS) is 2. The van der Waals surface area contributed by atoms with Crippen LogP contribution in [-0.2, 0) is 9.59 Å². The molecule has 102 valence electrons. The molecule has 0 aliphatic rings. The largest absolute Gasteiger partial charge is 0.480 e. The number of aliphatic carboxylic acids is 2. The van der Waals surface area contributed by atoms with Crippen LogP contribution in [-0.4, -0.2) is 32.6 Å². The summed E-state index contributed by atoms with van der Waals surface area (Å²) in [5, 5.41) is 16.7. The van der Waals surface area contributed by atoms with Gasteiger partial charge < -0.3 is 21.7 Å². The highest BCUT2D eigenvalue weighted by Gasteiger charge is 2.27. The highest BCUT2D eigenvalue weighted by molar-refractivity contribution is 9.10. The number of carboxylic acids is 2. The Morgan fingerprint density at radius 2 is 1.59 bits per heavy atom. The first-order chi connectivity index (χ1) is 7.36. The number of hydrogen-bond acceptors (Lipinski definition) is 4. The van der Waals surface area contributed by atoms with Crippen LogP contribution >= 0.6 is 15.9 Å². The molecule has 0 rings (SSSR count). The summed E-state index contributed by atoms with van der Waals surface area (Å²) in [6.07, 6.45) is 0.238. The average molecular weight is 313 g/mol. The van der Waals surface area contributed by atoms with E-state index < -0.39 is 22.4 Å². The zero-order valence-electron chi connectivity index (χ0n) is 10.5. The molecule has 0 amide bonds. The van der Waals surface area contributed by atoms with E-state index in [4.69, 9.17) is 21.7 Å². The summed E-state index contributed by atoms with van der Waals surface area (Å²) in [6, 6.07) is 0. The molecular weight excluding hydrogens is 292 g/mol. The van der Waals surface area contributed by atoms with Crippen molar-refractivity contribution in [2.75, 3.05) is 0 Å². The molecule has 1 atom stereocenters. The third kappa shape index (κ3) is 8.12. The van der Waals surface area contributed by atoms with Crippen LogP contribution in [0.15, 0.2) is 0 Å². The second-order valence-corrected chi connectivity index (χ2v) is 5.68. The molecule has 0 radical (unpaired) electrons. The lowest BCUT2D eigenvalue weighted by Crippen LogP contribution is -2.55. The van der Waals surface area contributed by atoms with Crippen molar-refractivity contribution in [2.24, 2.45) is 16.9 Å². The number of carbonyl (C=O) groups is 2. The molecule has 6 N–H and O–H groups in total. The summed E-state index contributed by atoms with van der Waals surface area (Å²) in [4.78, 5) is 19.8. The van der Waals surface area contributed by atoms with E-state index in [-0.39, 0.29) is 11.8 Å². The summed E-state index contributed by atoms with van der Waals surface area (Å²) in [7, 11) is 0. The Morgan fingerprint density at radius 3 is 1.59 bits per heavy atom. The molecule has 0 fully saturated rings. The molecular formula is C10H21BrN2O4. The standard InChI is InChI=1S/C6H11BrO2.C4H10N2O2/c1-6(2,3)4(7)5(8)9;1-2-4(5,6)3(7)8/h4H,1-3H3,(H,8,9);2,5-6H2,1H3,(H,7,8). The number of alkyl halides is 1. The molecule has 0 aromatic rings. The van der Waals surface area contributed by atoms with Gasteiger partial charge in [-0.05, 0) is 11.8 Å². The van der Waals surface area contributed by atoms with Crippen LogP contribution in [0.5, 0.6) is 0 Å². The summed E-state index contributed by atoms with van der Waals surface area (Å²) in [5.41, 5.74) is 8.33. The van der Waals surface area contributed by atoms with Crippen molar-refractivity contribution < 1.29 is 19.8 Å². The Labute approximate surface area is 109 Å². The minimum atomic E-state index is -1.54. The van der Waals surface area contributed by atoms with Crippen molar-refractivity contribution >= 4 is 27.9 Å². The molecule has 0 aliphatic carbocycles. The first-order valence-electron chi connectivity index (χ1n) is 5.04. The number of hydrogen-bond donors (Lipinski definition) is 4. The monoisotopic (exact) mass is 312 g/mol. The third-order valence-corrected chi connectivity index (χ3v) is 3.73. The molecule has 0 aromatic heterocycles. The van der Waals surface area contributed by atoms with E-state index in [1.54, 1.807) is 6.92 Å². The fourth-order valence-corrected chi connectivity index (χ4v) is 0.522. The van der Waals surface area contributed by atoms with Gasteiger partial charge in [-0.1, -0.05) is 43.6 Å². The first-order valence-corrected chi connectivity index (χ1v) is 5.95. The van der Waals surface area contributed by atoms with Gasteiger partial charge in [-0.2, -0.15) is 0 Å². The summed E-state index contributed by atoms with van der Waals surface area (Å²) < 4.78 is 0. The topological polar surface area (TPSA) is 127 Å². The van der Waals surface area contributed by atoms with Gasteiger partial charge in [0.2, 0.25) is 0 Å². The molecule has 0 heterocycles. The Bertz CT molecular complexity index is 274. The maximum atomic E-state index is 10.3. The van der Waals surface area contributed by atoms with Gasteiger partial charge >= 0.3 is 11.9 Å². The predicted molar refractivity (Wildman–Crippen MR) is 68.8 cm³/mol. The molecule has 0 saturated carbocycles. The fraction of sp³-hybridized carbons (Fsp3) is 0.800. The normalized spacial score (nSPS) is 13.4. The zero-order valence-corrected chi connectivity index (χ0v) is 12.1. The van der Waals surface area contributed by atoms with E-state index >= 15 is 0 Å². The molecule has 0 bridgehead atoms. The van der Waals surface area contributed by atoms with Gasteiger partial charge in [-0.3, -0.25) is 4.79 Å². The highest BCUT2D eigenvalue weighted by atomic mass is 79.9. The van der Waals surface area contributed by atoms with Crippen molar-refractivity contribution in [3.8, 4) is 0 Å². The minimum absolute atomic E-state index is 0.203. The van der Waals surface area contributed by atoms with Crippen LogP contribution in [0.4, 0.5) is 0 Å². The second kappa shape index (κ2) is 6.93. The van der Waals surface area contributed by atoms with Crippen molar-refractivity contribution in [3.63, 3.8) is 0 Å². The molecule has 0 aliphatic heterocycles. The van der Waals surface area contributed by atoms with Crippen LogP contribution in [0.1, 0.15) is 34.1 Å². The fourth-order valence-electron chi connectivity index (χ4n) is 0.522. The van der Waals surface area contributed by atoms with Crippen LogP contribution in [0.3, 0.4) is 0 Å². The van der Waals surface area contributed by atoms with Crippen LogP contribution in [0.25, 0.3) is 0 Å². The van der Waals surface area contributed by atoms with Gasteiger partial charge in [0.05, 0.1) is 0 Å². The first kappa shape index (κ1) is 18.7. The van der Waals surface area contributed by atoms with Gasteiger partial charge in [-0.25, -0.2) is 4.79 Å². The Hall–Kier alpha value is -0.660. The molecule has 6 nitrogen and oxygen atoms in total. The van der Waals surface area contributed by atoms with E-state index in [9.17, 15) is 9.59 Å². The van der Waals surface area contributed by atoms with Gasteiger partial charge in [-0.15, -0.1) is 0 Å². The molecule has 1 unspecified atom stereocenters. The van der Waals surface area contributed by atoms with Gasteiger partial charge in [0.1, 0.15) is 4.83 Å². The summed E-state index contributed by atoms with van der Waals surface area (Å²) in [6.45, 7) is 7.25. The number of halogens is 1. The lowest BCUT2D eigenvalue weighted by atomic mass is 9.92. The highest BCUT2D eigenvalue weighted by Crippen LogP contribution is 2.25. The zero-order chi connectivity index (χ0) is 14.4. The second-order valence-electron chi connectivity index (χ2n) is 4.77. The molecule has 0 saturated heterocycles. The summed E-state index contributed by atoms with van der Waals surface area (Å²) in [5.74, 6) is -1.97. The number of rotatable bonds is 3. The van der Waals surface area contributed by atoms with Gasteiger partial charge in [0, 0.05) is 0 Å². The SMILES string of the molecule is CC(C)(C)C(Br)C(=O)O.CCC(N)(N)C(=O)O. The van der Waals surface area contributed by atoms with Crippen molar-refractivity contribution in [3.05, 3.63) is 0 Å². The third-order valence-electron chi connectivity index (χ3n) is 1.96. The maximum absolute atomic E-state index is 10.3. The van der Waals surface area contributed by atoms with E-state index in [0.717, 1.165) is 0 Å². The van der Waals surface area contributed by atoms with E-state index in [1.165, 1.54) is 0 Å². The molecule has 0 aromatic carbocycles. The molecule has 17 heavy (non-hydrogen) atoms. The van der Waals surface area contributed by atoms with Gasteiger partial charge in [0.25, 0.3) is 0 Å². The summed E-state index contributed by atoms with van der Waals surface area (Å²) >= 11 is 3.06. The van der Waals surface area contributed by atoms with Crippen LogP contribution < -0.4 is 11.5 Å². The lowest BCUT2D eigenvalue weighted by molar-refractivity contribution is -0.143. The van der Waals surface area contributed by atoms with Crippen LogP contribution in [0.2, 0.25) is 0 Å². The van der Waals surface area contributed by atoms with E-state index in [0.29, 0.717) is 0 Å². The van der Waals surface area contributed by atoms with E-state index in [2.05, 4.69) is 15.9 Å². The quantitative estimate of drug-likeness (QED) is 0.454. The average Bonchev–Trinajstić information content (AvgIpc) is 2.15. The Kier molecular flexibility index (Phi) is 7.62. The lowest BCUT2D eigenvalue weighted by Gasteiger charge is -2.20. The van der Waals surface area contributed by atoms with Gasteiger partial charge in [0.15, 0.2) is 5.66 Å². The van der Waals surface area contributed by atoms with Crippen LogP contribution in [0, 0.1) is 5.41 Å². The molecule has 7 heteroatoms. The minimum Gasteiger partial charge on any atom is -0.480 e. The Balaban J connectivity index is 0. The van der Waals surface area contributed by atoms with Crippen molar-refractivity contribution in [1.29, 1.82) is 0 Å². The van der Waals surface area contributed by atoms with Crippen molar-refractivity contribution in [2.45, 2.75) is 44.6 Å². The molecule has 0 spiro atoms. The predicted octanol–water partition coefficient (Wildman–Crippen LogP) is 0.975. The van der Waals surface area contributed by atoms with E-state index in [1.807, 2.05) is 20.8 Å².